The van der Waals surface area contributed by atoms with Crippen molar-refractivity contribution < 1.29 is 35.9 Å². The van der Waals surface area contributed by atoms with Gasteiger partial charge >= 0.3 is 18.4 Å². The molecular formula is C21H20F6N6O2. The summed E-state index contributed by atoms with van der Waals surface area (Å²) in [7, 11) is 0. The number of carbonyl (C=O) groups excluding carboxylic acids is 2. The Hall–Kier alpha value is -3.97. The summed E-state index contributed by atoms with van der Waals surface area (Å²) in [6.45, 7) is 0.0497. The predicted octanol–water partition coefficient (Wildman–Crippen LogP) is 3.49. The first-order chi connectivity index (χ1) is 16.3. The van der Waals surface area contributed by atoms with Gasteiger partial charge in [0.2, 0.25) is 0 Å². The number of carbonyl (C=O) groups is 2. The van der Waals surface area contributed by atoms with Gasteiger partial charge in [-0.2, -0.15) is 31.3 Å². The lowest BCUT2D eigenvalue weighted by Gasteiger charge is -2.37. The number of alkyl halides is 6. The van der Waals surface area contributed by atoms with Crippen LogP contribution >= 0.6 is 0 Å². The zero-order valence-corrected chi connectivity index (χ0v) is 18.0. The number of guanidine groups is 1. The number of nitrogens with two attached hydrogens (primary N) is 2. The molecule has 2 aromatic rings. The van der Waals surface area contributed by atoms with Gasteiger partial charge in [-0.1, -0.05) is 6.07 Å². The number of urea groups is 1. The third-order valence-corrected chi connectivity index (χ3v) is 5.13. The van der Waals surface area contributed by atoms with Crippen LogP contribution in [-0.2, 0) is 12.4 Å². The second kappa shape index (κ2) is 9.72. The monoisotopic (exact) mass is 502 g/mol. The van der Waals surface area contributed by atoms with Crippen molar-refractivity contribution in [2.45, 2.75) is 12.4 Å². The topological polar surface area (TPSA) is 117 Å². The summed E-state index contributed by atoms with van der Waals surface area (Å²) in [5.74, 6) is -1.62. The Balaban J connectivity index is 1.72. The number of benzene rings is 2. The quantitative estimate of drug-likeness (QED) is 0.338. The standard InChI is InChI=1S/C21H20F6N6O2/c22-20(23,24)13-2-1-3-14(11-13)30-19(35)33-8-6-32(7-9-33)16-5-4-12(17(34)31-18(28)29)10-15(16)21(25,26)27/h1-5,10-11H,6-9H2,(H,30,35)(H4,28,29,31,34). The van der Waals surface area contributed by atoms with Crippen molar-refractivity contribution in [3.8, 4) is 0 Å². The molecule has 0 aliphatic carbocycles. The van der Waals surface area contributed by atoms with Crippen molar-refractivity contribution in [3.63, 3.8) is 0 Å². The smallest absolute Gasteiger partial charge is 0.370 e. The van der Waals surface area contributed by atoms with Crippen LogP contribution in [-0.4, -0.2) is 49.0 Å². The van der Waals surface area contributed by atoms with Gasteiger partial charge in [-0.05, 0) is 36.4 Å². The zero-order chi connectivity index (χ0) is 26.0. The number of halogens is 6. The predicted molar refractivity (Wildman–Crippen MR) is 116 cm³/mol. The van der Waals surface area contributed by atoms with Crippen LogP contribution < -0.4 is 21.7 Å². The van der Waals surface area contributed by atoms with Crippen LogP contribution in [0, 0.1) is 0 Å². The van der Waals surface area contributed by atoms with E-state index in [9.17, 15) is 35.9 Å². The largest absolute Gasteiger partial charge is 0.418 e. The molecule has 3 amide bonds. The van der Waals surface area contributed by atoms with Gasteiger partial charge in [0.25, 0.3) is 5.91 Å². The van der Waals surface area contributed by atoms with E-state index in [2.05, 4.69) is 10.3 Å². The van der Waals surface area contributed by atoms with E-state index in [1.165, 1.54) is 15.9 Å². The second-order valence-electron chi connectivity index (χ2n) is 7.55. The van der Waals surface area contributed by atoms with Crippen LogP contribution in [0.4, 0.5) is 42.5 Å². The normalized spacial score (nSPS) is 14.5. The van der Waals surface area contributed by atoms with Crippen LogP contribution in [0.15, 0.2) is 47.5 Å². The van der Waals surface area contributed by atoms with Gasteiger partial charge in [0.15, 0.2) is 5.96 Å². The van der Waals surface area contributed by atoms with Crippen molar-refractivity contribution in [1.29, 1.82) is 0 Å². The lowest BCUT2D eigenvalue weighted by Crippen LogP contribution is -2.50. The van der Waals surface area contributed by atoms with Crippen LogP contribution in [0.25, 0.3) is 0 Å². The van der Waals surface area contributed by atoms with Crippen molar-refractivity contribution in [3.05, 3.63) is 59.2 Å². The molecule has 8 nitrogen and oxygen atoms in total. The fraction of sp³-hybridized carbons (Fsp3) is 0.286. The number of amides is 3. The van der Waals surface area contributed by atoms with Gasteiger partial charge in [0.1, 0.15) is 0 Å². The molecule has 1 fully saturated rings. The van der Waals surface area contributed by atoms with Gasteiger partial charge in [0, 0.05) is 43.1 Å². The Morgan fingerprint density at radius 1 is 0.886 bits per heavy atom. The average Bonchev–Trinajstić information content (AvgIpc) is 2.77. The van der Waals surface area contributed by atoms with Crippen molar-refractivity contribution >= 4 is 29.3 Å². The molecule has 1 heterocycles. The molecule has 35 heavy (non-hydrogen) atoms. The maximum Gasteiger partial charge on any atom is 0.418 e. The molecule has 0 atom stereocenters. The molecule has 5 N–H and O–H groups in total. The maximum absolute atomic E-state index is 13.7. The van der Waals surface area contributed by atoms with E-state index in [1.807, 2.05) is 0 Å². The first-order valence-electron chi connectivity index (χ1n) is 10.1. The Morgan fingerprint density at radius 3 is 2.11 bits per heavy atom. The molecule has 1 aliphatic rings. The molecule has 14 heteroatoms. The Morgan fingerprint density at radius 2 is 1.54 bits per heavy atom. The molecule has 0 radical (unpaired) electrons. The van der Waals surface area contributed by atoms with E-state index in [1.54, 1.807) is 0 Å². The molecule has 0 unspecified atom stereocenters. The fourth-order valence-corrected chi connectivity index (χ4v) is 3.48. The molecule has 0 bridgehead atoms. The van der Waals surface area contributed by atoms with E-state index in [-0.39, 0.29) is 43.1 Å². The zero-order valence-electron chi connectivity index (χ0n) is 18.0. The third-order valence-electron chi connectivity index (χ3n) is 5.13. The number of aliphatic imine (C=N–C) groups is 1. The summed E-state index contributed by atoms with van der Waals surface area (Å²) in [6.07, 6.45) is -9.37. The molecule has 2 aromatic carbocycles. The van der Waals surface area contributed by atoms with Crippen molar-refractivity contribution in [2.24, 2.45) is 16.5 Å². The molecule has 188 valence electrons. The van der Waals surface area contributed by atoms with E-state index in [0.717, 1.165) is 30.3 Å². The number of anilines is 2. The summed E-state index contributed by atoms with van der Waals surface area (Å²) in [6, 6.07) is 6.34. The van der Waals surface area contributed by atoms with E-state index in [0.29, 0.717) is 6.07 Å². The Labute approximate surface area is 195 Å². The summed E-state index contributed by atoms with van der Waals surface area (Å²) >= 11 is 0. The highest BCUT2D eigenvalue weighted by molar-refractivity contribution is 6.02. The van der Waals surface area contributed by atoms with E-state index < -0.39 is 41.4 Å². The first-order valence-corrected chi connectivity index (χ1v) is 10.1. The van der Waals surface area contributed by atoms with Gasteiger partial charge in [-0.3, -0.25) is 4.79 Å². The molecule has 1 saturated heterocycles. The van der Waals surface area contributed by atoms with Crippen LogP contribution in [0.1, 0.15) is 21.5 Å². The van der Waals surface area contributed by atoms with Crippen LogP contribution in [0.5, 0.6) is 0 Å². The molecular weight excluding hydrogens is 482 g/mol. The highest BCUT2D eigenvalue weighted by Gasteiger charge is 2.37. The molecule has 1 aliphatic heterocycles. The highest BCUT2D eigenvalue weighted by Crippen LogP contribution is 2.38. The first kappa shape index (κ1) is 25.6. The lowest BCUT2D eigenvalue weighted by molar-refractivity contribution is -0.138. The van der Waals surface area contributed by atoms with E-state index in [4.69, 9.17) is 11.5 Å². The highest BCUT2D eigenvalue weighted by atomic mass is 19.4. The van der Waals surface area contributed by atoms with Crippen LogP contribution in [0.2, 0.25) is 0 Å². The number of rotatable bonds is 3. The van der Waals surface area contributed by atoms with Gasteiger partial charge in [-0.15, -0.1) is 0 Å². The second-order valence-corrected chi connectivity index (χ2v) is 7.55. The van der Waals surface area contributed by atoms with Crippen molar-refractivity contribution in [2.75, 3.05) is 36.4 Å². The van der Waals surface area contributed by atoms with Crippen LogP contribution in [0.3, 0.4) is 0 Å². The van der Waals surface area contributed by atoms with Gasteiger partial charge < -0.3 is 26.6 Å². The van der Waals surface area contributed by atoms with E-state index >= 15 is 0 Å². The summed E-state index contributed by atoms with van der Waals surface area (Å²) < 4.78 is 79.7. The summed E-state index contributed by atoms with van der Waals surface area (Å²) in [4.78, 5) is 30.3. The molecule has 3 rings (SSSR count). The number of nitrogens with zero attached hydrogens (tertiary/aromatic N) is 3. The Bertz CT molecular complexity index is 1140. The average molecular weight is 502 g/mol. The maximum atomic E-state index is 13.7. The number of hydrogen-bond donors (Lipinski definition) is 3. The minimum atomic E-state index is -4.79. The molecule has 0 spiro atoms. The summed E-state index contributed by atoms with van der Waals surface area (Å²) in [5, 5.41) is 2.37. The summed E-state index contributed by atoms with van der Waals surface area (Å²) in [5.41, 5.74) is 7.59. The molecule has 0 aromatic heterocycles. The minimum absolute atomic E-state index is 0.0107. The Kier molecular flexibility index (Phi) is 7.12. The fourth-order valence-electron chi connectivity index (χ4n) is 3.48. The number of piperazine rings is 1. The lowest BCUT2D eigenvalue weighted by atomic mass is 10.1. The third kappa shape index (κ3) is 6.33. The SMILES string of the molecule is NC(N)=NC(=O)c1ccc(N2CCN(C(=O)Nc3cccc(C(F)(F)F)c3)CC2)c(C(F)(F)F)c1. The number of hydrogen-bond acceptors (Lipinski definition) is 3. The minimum Gasteiger partial charge on any atom is -0.370 e. The molecule has 0 saturated carbocycles. The van der Waals surface area contributed by atoms with Gasteiger partial charge in [0.05, 0.1) is 11.1 Å². The number of nitrogens with one attached hydrogen (secondary N) is 1. The van der Waals surface area contributed by atoms with Crippen molar-refractivity contribution in [1.82, 2.24) is 4.90 Å². The van der Waals surface area contributed by atoms with Gasteiger partial charge in [-0.25, -0.2) is 4.79 Å².